The summed E-state index contributed by atoms with van der Waals surface area (Å²) in [7, 11) is 0. The van der Waals surface area contributed by atoms with Gasteiger partial charge in [0.25, 0.3) is 0 Å². The minimum absolute atomic E-state index is 0.00965. The summed E-state index contributed by atoms with van der Waals surface area (Å²) in [6.07, 6.45) is 2.38. The van der Waals surface area contributed by atoms with E-state index >= 15 is 0 Å². The number of carboxylic acids is 1. The first-order valence-electron chi connectivity index (χ1n) is 5.65. The Labute approximate surface area is 109 Å². The fourth-order valence-electron chi connectivity index (χ4n) is 1.38. The van der Waals surface area contributed by atoms with E-state index in [9.17, 15) is 4.79 Å². The van der Waals surface area contributed by atoms with Crippen LogP contribution in [0.1, 0.15) is 17.3 Å². The van der Waals surface area contributed by atoms with Crippen molar-refractivity contribution in [2.45, 2.75) is 6.92 Å². The molecule has 0 amide bonds. The zero-order chi connectivity index (χ0) is 13.7. The number of aromatic nitrogens is 2. The van der Waals surface area contributed by atoms with E-state index in [1.54, 1.807) is 18.2 Å². The average Bonchev–Trinajstić information content (AvgIpc) is 2.40. The molecule has 1 N–H and O–H groups in total. The van der Waals surface area contributed by atoms with E-state index in [1.165, 1.54) is 12.4 Å². The van der Waals surface area contributed by atoms with Gasteiger partial charge in [0.05, 0.1) is 12.2 Å². The van der Waals surface area contributed by atoms with Gasteiger partial charge in [-0.3, -0.25) is 0 Å². The highest BCUT2D eigenvalue weighted by molar-refractivity contribution is 5.86. The Bertz CT molecular complexity index is 569. The molecule has 0 atom stereocenters. The van der Waals surface area contributed by atoms with Gasteiger partial charge in [-0.1, -0.05) is 6.07 Å². The van der Waals surface area contributed by atoms with Crippen LogP contribution in [0.5, 0.6) is 17.5 Å². The number of hydrogen-bond donors (Lipinski definition) is 1. The van der Waals surface area contributed by atoms with Crippen LogP contribution in [0.3, 0.4) is 0 Å². The van der Waals surface area contributed by atoms with Crippen LogP contribution in [0.15, 0.2) is 36.7 Å². The monoisotopic (exact) mass is 260 g/mol. The molecule has 0 saturated heterocycles. The standard InChI is InChI=1S/C13H12N2O4/c1-2-18-10-4-3-5-11(6-10)19-13-14-7-9(8-15-13)12(16)17/h3-8H,2H2,1H3,(H,16,17). The smallest absolute Gasteiger partial charge is 0.338 e. The van der Waals surface area contributed by atoms with Crippen LogP contribution in [0.25, 0.3) is 0 Å². The third-order valence-electron chi connectivity index (χ3n) is 2.20. The van der Waals surface area contributed by atoms with Crippen LogP contribution >= 0.6 is 0 Å². The van der Waals surface area contributed by atoms with E-state index in [-0.39, 0.29) is 11.6 Å². The molecule has 0 aliphatic carbocycles. The highest BCUT2D eigenvalue weighted by atomic mass is 16.5. The van der Waals surface area contributed by atoms with Gasteiger partial charge in [-0.15, -0.1) is 0 Å². The highest BCUT2D eigenvalue weighted by Crippen LogP contribution is 2.22. The second-order valence-corrected chi connectivity index (χ2v) is 3.57. The normalized spacial score (nSPS) is 9.95. The number of benzene rings is 1. The minimum atomic E-state index is -1.08. The van der Waals surface area contributed by atoms with E-state index in [0.29, 0.717) is 18.1 Å². The molecule has 6 nitrogen and oxygen atoms in total. The number of ether oxygens (including phenoxy) is 2. The van der Waals surface area contributed by atoms with Crippen molar-refractivity contribution in [2.75, 3.05) is 6.61 Å². The Kier molecular flexibility index (Phi) is 3.92. The molecule has 0 spiro atoms. The molecule has 2 aromatic rings. The number of carboxylic acid groups (broad SMARTS) is 1. The fraction of sp³-hybridized carbons (Fsp3) is 0.154. The third-order valence-corrected chi connectivity index (χ3v) is 2.20. The molecule has 1 aromatic carbocycles. The quantitative estimate of drug-likeness (QED) is 0.888. The van der Waals surface area contributed by atoms with Gasteiger partial charge < -0.3 is 14.6 Å². The maximum atomic E-state index is 10.6. The molecule has 2 rings (SSSR count). The summed E-state index contributed by atoms with van der Waals surface area (Å²) < 4.78 is 10.7. The fourth-order valence-corrected chi connectivity index (χ4v) is 1.38. The molecule has 0 aliphatic heterocycles. The second kappa shape index (κ2) is 5.81. The van der Waals surface area contributed by atoms with Gasteiger partial charge in [-0.25, -0.2) is 14.8 Å². The lowest BCUT2D eigenvalue weighted by Gasteiger charge is -2.06. The summed E-state index contributed by atoms with van der Waals surface area (Å²) in [5.74, 6) is 0.126. The summed E-state index contributed by atoms with van der Waals surface area (Å²) in [5, 5.41) is 8.72. The first-order valence-corrected chi connectivity index (χ1v) is 5.65. The summed E-state index contributed by atoms with van der Waals surface area (Å²) in [4.78, 5) is 18.3. The number of hydrogen-bond acceptors (Lipinski definition) is 5. The second-order valence-electron chi connectivity index (χ2n) is 3.57. The zero-order valence-electron chi connectivity index (χ0n) is 10.2. The molecule has 1 aromatic heterocycles. The maximum absolute atomic E-state index is 10.6. The van der Waals surface area contributed by atoms with Crippen LogP contribution < -0.4 is 9.47 Å². The lowest BCUT2D eigenvalue weighted by Crippen LogP contribution is -2.00. The summed E-state index contributed by atoms with van der Waals surface area (Å²) in [6, 6.07) is 7.12. The Hall–Kier alpha value is -2.63. The number of aromatic carboxylic acids is 1. The van der Waals surface area contributed by atoms with E-state index < -0.39 is 5.97 Å². The minimum Gasteiger partial charge on any atom is -0.494 e. The van der Waals surface area contributed by atoms with Gasteiger partial charge in [0.2, 0.25) is 0 Å². The van der Waals surface area contributed by atoms with Gasteiger partial charge in [0.1, 0.15) is 11.5 Å². The van der Waals surface area contributed by atoms with Crippen LogP contribution in [0.4, 0.5) is 0 Å². The largest absolute Gasteiger partial charge is 0.494 e. The zero-order valence-corrected chi connectivity index (χ0v) is 10.2. The third kappa shape index (κ3) is 3.41. The van der Waals surface area contributed by atoms with Gasteiger partial charge >= 0.3 is 12.0 Å². The predicted octanol–water partition coefficient (Wildman–Crippen LogP) is 2.37. The van der Waals surface area contributed by atoms with Gasteiger partial charge in [0.15, 0.2) is 0 Å². The Morgan fingerprint density at radius 1 is 1.26 bits per heavy atom. The number of nitrogens with zero attached hydrogens (tertiary/aromatic N) is 2. The predicted molar refractivity (Wildman–Crippen MR) is 66.7 cm³/mol. The van der Waals surface area contributed by atoms with Crippen LogP contribution in [-0.2, 0) is 0 Å². The van der Waals surface area contributed by atoms with Crippen molar-refractivity contribution < 1.29 is 19.4 Å². The first-order chi connectivity index (χ1) is 9.19. The van der Waals surface area contributed by atoms with Crippen molar-refractivity contribution in [1.82, 2.24) is 9.97 Å². The summed E-state index contributed by atoms with van der Waals surface area (Å²) >= 11 is 0. The molecule has 0 aliphatic rings. The van der Waals surface area contributed by atoms with E-state index in [4.69, 9.17) is 14.6 Å². The van der Waals surface area contributed by atoms with Crippen molar-refractivity contribution >= 4 is 5.97 Å². The van der Waals surface area contributed by atoms with Crippen molar-refractivity contribution in [1.29, 1.82) is 0 Å². The van der Waals surface area contributed by atoms with E-state index in [2.05, 4.69) is 9.97 Å². The Morgan fingerprint density at radius 2 is 1.95 bits per heavy atom. The molecule has 1 heterocycles. The van der Waals surface area contributed by atoms with Crippen molar-refractivity contribution in [3.63, 3.8) is 0 Å². The van der Waals surface area contributed by atoms with Crippen LogP contribution in [0.2, 0.25) is 0 Å². The van der Waals surface area contributed by atoms with Crippen molar-refractivity contribution in [3.05, 3.63) is 42.2 Å². The molecular weight excluding hydrogens is 248 g/mol. The molecule has 98 valence electrons. The molecule has 6 heteroatoms. The molecule has 0 radical (unpaired) electrons. The van der Waals surface area contributed by atoms with Gasteiger partial charge in [0, 0.05) is 18.5 Å². The highest BCUT2D eigenvalue weighted by Gasteiger charge is 2.06. The number of carbonyl (C=O) groups is 1. The van der Waals surface area contributed by atoms with Crippen LogP contribution in [-0.4, -0.2) is 27.7 Å². The lowest BCUT2D eigenvalue weighted by molar-refractivity contribution is 0.0696. The van der Waals surface area contributed by atoms with Crippen LogP contribution in [0, 0.1) is 0 Å². The average molecular weight is 260 g/mol. The van der Waals surface area contributed by atoms with E-state index in [1.807, 2.05) is 13.0 Å². The maximum Gasteiger partial charge on any atom is 0.338 e. The topological polar surface area (TPSA) is 81.5 Å². The lowest BCUT2D eigenvalue weighted by atomic mass is 10.3. The van der Waals surface area contributed by atoms with Gasteiger partial charge in [-0.2, -0.15) is 0 Å². The Morgan fingerprint density at radius 3 is 2.58 bits per heavy atom. The SMILES string of the molecule is CCOc1cccc(Oc2ncc(C(=O)O)cn2)c1. The van der Waals surface area contributed by atoms with Gasteiger partial charge in [-0.05, 0) is 19.1 Å². The van der Waals surface area contributed by atoms with E-state index in [0.717, 1.165) is 0 Å². The summed E-state index contributed by atoms with van der Waals surface area (Å²) in [6.45, 7) is 2.45. The molecule has 0 bridgehead atoms. The molecule has 0 unspecified atom stereocenters. The van der Waals surface area contributed by atoms with Crippen molar-refractivity contribution in [3.8, 4) is 17.5 Å². The molecule has 0 fully saturated rings. The molecular formula is C13H12N2O4. The summed E-state index contributed by atoms with van der Waals surface area (Å²) in [5.41, 5.74) is 0.00965. The Balaban J connectivity index is 2.12. The molecule has 0 saturated carbocycles. The van der Waals surface area contributed by atoms with Crippen molar-refractivity contribution in [2.24, 2.45) is 0 Å². The molecule has 19 heavy (non-hydrogen) atoms. The number of rotatable bonds is 5. The first kappa shape index (κ1) is 12.8.